The minimum absolute atomic E-state index is 0.0186. The Labute approximate surface area is 207 Å². The molecule has 1 atom stereocenters. The van der Waals surface area contributed by atoms with Gasteiger partial charge in [0.05, 0.1) is 5.52 Å². The summed E-state index contributed by atoms with van der Waals surface area (Å²) < 4.78 is 5.51. The lowest BCUT2D eigenvalue weighted by molar-refractivity contribution is -0.139. The molecule has 0 spiro atoms. The molecular formula is C28H23ClN2O4. The van der Waals surface area contributed by atoms with E-state index in [0.29, 0.717) is 5.56 Å². The van der Waals surface area contributed by atoms with E-state index in [1.807, 2.05) is 67.6 Å². The van der Waals surface area contributed by atoms with Gasteiger partial charge in [-0.25, -0.2) is 14.6 Å². The standard InChI is InChI=1S/C28H23ClN2O4/c1-16-10-11-24-17(12-16)13-18(26(29)30-24)14-25(27(32)33)31-28(34)35-15-23-21-8-4-2-6-19(21)20-7-3-5-9-22(20)23/h2-13,23,25H,14-15H2,1H3,(H,31,34)(H,32,33). The minimum atomic E-state index is -1.22. The molecule has 0 saturated heterocycles. The molecule has 1 amide bonds. The Hall–Kier alpha value is -3.90. The number of aromatic nitrogens is 1. The molecule has 3 aromatic carbocycles. The van der Waals surface area contributed by atoms with Crippen LogP contribution in [0.15, 0.2) is 72.8 Å². The van der Waals surface area contributed by atoms with Crippen molar-refractivity contribution in [3.8, 4) is 11.1 Å². The molecule has 176 valence electrons. The van der Waals surface area contributed by atoms with E-state index < -0.39 is 18.1 Å². The number of pyridine rings is 1. The highest BCUT2D eigenvalue weighted by molar-refractivity contribution is 6.30. The molecule has 2 N–H and O–H groups in total. The number of benzene rings is 3. The van der Waals surface area contributed by atoms with E-state index in [9.17, 15) is 14.7 Å². The van der Waals surface area contributed by atoms with Gasteiger partial charge in [0.1, 0.15) is 17.8 Å². The third-order valence-corrected chi connectivity index (χ3v) is 6.68. The predicted molar refractivity (Wildman–Crippen MR) is 135 cm³/mol. The summed E-state index contributed by atoms with van der Waals surface area (Å²) in [5, 5.41) is 13.3. The number of carbonyl (C=O) groups excluding carboxylic acids is 1. The fourth-order valence-electron chi connectivity index (χ4n) is 4.66. The second kappa shape index (κ2) is 9.39. The summed E-state index contributed by atoms with van der Waals surface area (Å²) >= 11 is 6.32. The third kappa shape index (κ3) is 4.57. The summed E-state index contributed by atoms with van der Waals surface area (Å²) in [7, 11) is 0. The zero-order chi connectivity index (χ0) is 24.5. The van der Waals surface area contributed by atoms with E-state index in [2.05, 4.69) is 22.4 Å². The molecule has 1 aromatic heterocycles. The van der Waals surface area contributed by atoms with Crippen LogP contribution in [0.25, 0.3) is 22.0 Å². The summed E-state index contributed by atoms with van der Waals surface area (Å²) in [5.41, 5.74) is 6.72. The number of aliphatic carboxylic acids is 1. The number of aryl methyl sites for hydroxylation is 1. The summed E-state index contributed by atoms with van der Waals surface area (Å²) in [6.45, 7) is 2.07. The number of alkyl carbamates (subject to hydrolysis) is 1. The number of halogens is 1. The SMILES string of the molecule is Cc1ccc2nc(Cl)c(CC(NC(=O)OCC3c4ccccc4-c4ccccc43)C(=O)O)cc2c1. The number of carboxylic acids is 1. The van der Waals surface area contributed by atoms with Crippen LogP contribution in [-0.2, 0) is 16.0 Å². The first-order valence-electron chi connectivity index (χ1n) is 11.3. The van der Waals surface area contributed by atoms with Gasteiger partial charge in [-0.3, -0.25) is 0 Å². The molecule has 6 nitrogen and oxygen atoms in total. The lowest BCUT2D eigenvalue weighted by Gasteiger charge is -2.18. The van der Waals surface area contributed by atoms with Crippen LogP contribution >= 0.6 is 11.6 Å². The first-order chi connectivity index (χ1) is 16.9. The second-order valence-electron chi connectivity index (χ2n) is 8.70. The molecule has 1 aliphatic rings. The Balaban J connectivity index is 1.30. The highest BCUT2D eigenvalue weighted by Gasteiger charge is 2.30. The van der Waals surface area contributed by atoms with Gasteiger partial charge in [0.15, 0.2) is 0 Å². The van der Waals surface area contributed by atoms with Gasteiger partial charge >= 0.3 is 12.1 Å². The molecule has 0 aliphatic heterocycles. The van der Waals surface area contributed by atoms with E-state index in [0.717, 1.165) is 38.7 Å². The van der Waals surface area contributed by atoms with Crippen molar-refractivity contribution >= 4 is 34.6 Å². The molecule has 7 heteroatoms. The molecule has 1 aliphatic carbocycles. The number of hydrogen-bond donors (Lipinski definition) is 2. The van der Waals surface area contributed by atoms with Crippen molar-refractivity contribution in [3.63, 3.8) is 0 Å². The Kier molecular flexibility index (Phi) is 6.14. The molecule has 0 bridgehead atoms. The van der Waals surface area contributed by atoms with Gasteiger partial charge in [0.25, 0.3) is 0 Å². The number of nitrogens with one attached hydrogen (secondary N) is 1. The molecular weight excluding hydrogens is 464 g/mol. The van der Waals surface area contributed by atoms with E-state index >= 15 is 0 Å². The van der Waals surface area contributed by atoms with Gasteiger partial charge < -0.3 is 15.2 Å². The van der Waals surface area contributed by atoms with E-state index in [1.54, 1.807) is 0 Å². The van der Waals surface area contributed by atoms with Crippen LogP contribution in [0, 0.1) is 6.92 Å². The first-order valence-corrected chi connectivity index (χ1v) is 11.7. The number of hydrogen-bond acceptors (Lipinski definition) is 4. The van der Waals surface area contributed by atoms with Crippen molar-refractivity contribution in [1.29, 1.82) is 0 Å². The monoisotopic (exact) mass is 486 g/mol. The summed E-state index contributed by atoms with van der Waals surface area (Å²) in [4.78, 5) is 28.9. The fraction of sp³-hybridized carbons (Fsp3) is 0.179. The number of carbonyl (C=O) groups is 2. The smallest absolute Gasteiger partial charge is 0.407 e. The Morgan fingerprint density at radius 2 is 1.69 bits per heavy atom. The molecule has 5 rings (SSSR count). The third-order valence-electron chi connectivity index (χ3n) is 6.35. The van der Waals surface area contributed by atoms with Crippen LogP contribution in [0.1, 0.15) is 28.2 Å². The molecule has 4 aromatic rings. The maximum atomic E-state index is 12.6. The number of rotatable bonds is 6. The topological polar surface area (TPSA) is 88.5 Å². The van der Waals surface area contributed by atoms with Crippen LogP contribution in [0.4, 0.5) is 4.79 Å². The maximum Gasteiger partial charge on any atom is 0.407 e. The molecule has 0 fully saturated rings. The van der Waals surface area contributed by atoms with Crippen molar-refractivity contribution in [2.24, 2.45) is 0 Å². The highest BCUT2D eigenvalue weighted by atomic mass is 35.5. The van der Waals surface area contributed by atoms with Gasteiger partial charge in [-0.05, 0) is 52.9 Å². The average molecular weight is 487 g/mol. The van der Waals surface area contributed by atoms with Gasteiger partial charge in [0, 0.05) is 17.7 Å². The van der Waals surface area contributed by atoms with Crippen LogP contribution in [0.2, 0.25) is 5.15 Å². The predicted octanol–water partition coefficient (Wildman–Crippen LogP) is 5.73. The van der Waals surface area contributed by atoms with Gasteiger partial charge in [-0.2, -0.15) is 0 Å². The maximum absolute atomic E-state index is 12.6. The molecule has 0 saturated carbocycles. The fourth-order valence-corrected chi connectivity index (χ4v) is 4.88. The Morgan fingerprint density at radius 3 is 2.34 bits per heavy atom. The van der Waals surface area contributed by atoms with E-state index in [1.165, 1.54) is 0 Å². The minimum Gasteiger partial charge on any atom is -0.480 e. The number of nitrogens with zero attached hydrogens (tertiary/aromatic N) is 1. The van der Waals surface area contributed by atoms with E-state index in [-0.39, 0.29) is 24.1 Å². The van der Waals surface area contributed by atoms with Crippen LogP contribution in [-0.4, -0.2) is 34.8 Å². The Morgan fingerprint density at radius 1 is 1.03 bits per heavy atom. The van der Waals surface area contributed by atoms with Gasteiger partial charge in [0.2, 0.25) is 0 Å². The van der Waals surface area contributed by atoms with Crippen LogP contribution < -0.4 is 5.32 Å². The summed E-state index contributed by atoms with van der Waals surface area (Å²) in [6, 6.07) is 22.4. The summed E-state index contributed by atoms with van der Waals surface area (Å²) in [5.74, 6) is -1.29. The van der Waals surface area contributed by atoms with Gasteiger partial charge in [-0.1, -0.05) is 71.8 Å². The average Bonchev–Trinajstić information content (AvgIpc) is 3.16. The zero-order valence-electron chi connectivity index (χ0n) is 19.0. The number of fused-ring (bicyclic) bond motifs is 4. The van der Waals surface area contributed by atoms with Crippen molar-refractivity contribution in [2.75, 3.05) is 6.61 Å². The lowest BCUT2D eigenvalue weighted by Crippen LogP contribution is -2.43. The zero-order valence-corrected chi connectivity index (χ0v) is 19.8. The van der Waals surface area contributed by atoms with Gasteiger partial charge in [-0.15, -0.1) is 0 Å². The normalized spacial score (nSPS) is 13.2. The Bertz CT molecular complexity index is 1410. The highest BCUT2D eigenvalue weighted by Crippen LogP contribution is 2.44. The van der Waals surface area contributed by atoms with Crippen molar-refractivity contribution in [3.05, 3.63) is 100 Å². The number of amides is 1. The molecule has 35 heavy (non-hydrogen) atoms. The number of ether oxygens (including phenoxy) is 1. The molecule has 0 radical (unpaired) electrons. The summed E-state index contributed by atoms with van der Waals surface area (Å²) in [6.07, 6.45) is -0.810. The lowest BCUT2D eigenvalue weighted by atomic mass is 9.98. The van der Waals surface area contributed by atoms with Crippen LogP contribution in [0.3, 0.4) is 0 Å². The second-order valence-corrected chi connectivity index (χ2v) is 9.06. The van der Waals surface area contributed by atoms with Crippen molar-refractivity contribution in [1.82, 2.24) is 10.3 Å². The molecule has 1 unspecified atom stereocenters. The quantitative estimate of drug-likeness (QED) is 0.340. The first kappa shape index (κ1) is 22.9. The van der Waals surface area contributed by atoms with Crippen molar-refractivity contribution in [2.45, 2.75) is 25.3 Å². The largest absolute Gasteiger partial charge is 0.480 e. The number of carboxylic acid groups (broad SMARTS) is 1. The van der Waals surface area contributed by atoms with E-state index in [4.69, 9.17) is 16.3 Å². The molecule has 1 heterocycles. The van der Waals surface area contributed by atoms with Crippen molar-refractivity contribution < 1.29 is 19.4 Å². The van der Waals surface area contributed by atoms with Crippen LogP contribution in [0.5, 0.6) is 0 Å².